The molecule has 3 aromatic rings. The van der Waals surface area contributed by atoms with Crippen molar-refractivity contribution in [3.05, 3.63) is 122 Å². The van der Waals surface area contributed by atoms with Crippen LogP contribution in [0.1, 0.15) is 23.6 Å². The van der Waals surface area contributed by atoms with Crippen LogP contribution >= 0.6 is 0 Å². The predicted molar refractivity (Wildman–Crippen MR) is 383 cm³/mol. The Labute approximate surface area is 533 Å². The molecule has 318 valence electrons. The second kappa shape index (κ2) is 29.7. The van der Waals surface area contributed by atoms with Crippen LogP contribution in [0.3, 0.4) is 0 Å². The van der Waals surface area contributed by atoms with Crippen molar-refractivity contribution in [2.24, 2.45) is 0 Å². The summed E-state index contributed by atoms with van der Waals surface area (Å²) >= 11 is 0. The van der Waals surface area contributed by atoms with E-state index in [1.807, 2.05) is 0 Å². The standard InChI is InChI=1S/C52H15B30N/c1-7-18(55)26(28-41(71)48(78)52(82)49(79)42(28)72)32(62)21(58)13-83(22(10-4)34(64)30(60)16(11-53)25-37(67)44(74)50(80)45(75)38(25)68)12-17(24(31(61)19(56)8-2)27-39(69)46(76)51(81)47(77)40(27)70)14(5)23(35(65)29(59)15(6)54)36(66)43(73)33(63)20(57)9-3/h1-4H,5,11-13H2,6H3/b24-17+,26-18+,29-15-,30-16-,31-19-,32-21-,33-20-,34-22-,35-23-,43-36+. The van der Waals surface area contributed by atoms with E-state index in [9.17, 15) is 0 Å². The quantitative estimate of drug-likeness (QED) is 0.0740. The first-order valence-electron chi connectivity index (χ1n) is 23.5. The molecule has 0 aromatic heterocycles. The van der Waals surface area contributed by atoms with Crippen molar-refractivity contribution in [2.45, 2.75) is 13.2 Å². The van der Waals surface area contributed by atoms with Crippen LogP contribution in [0.4, 0.5) is 0 Å². The van der Waals surface area contributed by atoms with Gasteiger partial charge >= 0.3 is 0 Å². The molecule has 0 spiro atoms. The maximum Gasteiger partial charge on any atom is 0.127 e. The Morgan fingerprint density at radius 1 is 0.373 bits per heavy atom. The summed E-state index contributed by atoms with van der Waals surface area (Å²) in [7, 11) is 196. The first-order chi connectivity index (χ1) is 38.4. The Morgan fingerprint density at radius 3 is 1.10 bits per heavy atom. The lowest BCUT2D eigenvalue weighted by Crippen LogP contribution is -2.56. The average molecular weight is 978 g/mol. The number of nitrogens with zero attached hydrogens (tertiary/aromatic N) is 1. The summed E-state index contributed by atoms with van der Waals surface area (Å²) in [4.78, 5) is 1.23. The van der Waals surface area contributed by atoms with Gasteiger partial charge in [0.1, 0.15) is 228 Å². The Hall–Kier alpha value is -5.21. The summed E-state index contributed by atoms with van der Waals surface area (Å²) in [5.41, 5.74) is -12.1. The summed E-state index contributed by atoms with van der Waals surface area (Å²) in [6, 6.07) is 0. The topological polar surface area (TPSA) is 3.24 Å². The summed E-state index contributed by atoms with van der Waals surface area (Å²) in [5.74, 6) is 9.24. The zero-order valence-corrected chi connectivity index (χ0v) is 45.4. The normalized spacial score (nSPS) is 14.5. The predicted octanol–water partition coefficient (Wildman–Crippen LogP) is -13.9. The highest BCUT2D eigenvalue weighted by Crippen LogP contribution is 2.38. The number of terminal acetylenes is 4. The smallest absolute Gasteiger partial charge is 0.127 e. The van der Waals surface area contributed by atoms with Gasteiger partial charge in [0.2, 0.25) is 0 Å². The third-order valence-electron chi connectivity index (χ3n) is 13.1. The summed E-state index contributed by atoms with van der Waals surface area (Å²) in [5, 5.41) is 0. The molecule has 0 N–H and O–H groups in total. The number of allylic oxidation sites excluding steroid dienone is 18. The van der Waals surface area contributed by atoms with E-state index >= 15 is 0 Å². The Bertz CT molecular complexity index is 3730. The van der Waals surface area contributed by atoms with E-state index in [0.29, 0.717) is 0 Å². The maximum absolute atomic E-state index is 7.08. The molecular weight excluding hydrogens is 963 g/mol. The van der Waals surface area contributed by atoms with Crippen LogP contribution in [-0.4, -0.2) is 253 Å². The van der Waals surface area contributed by atoms with E-state index in [2.05, 4.69) is 30.3 Å². The molecule has 31 heteroatoms. The van der Waals surface area contributed by atoms with Crippen molar-refractivity contribution in [1.82, 2.24) is 4.90 Å². The molecule has 0 unspecified atom stereocenters. The second-order valence-corrected chi connectivity index (χ2v) is 18.0. The fourth-order valence-electron chi connectivity index (χ4n) is 8.19. The average Bonchev–Trinajstić information content (AvgIpc) is 3.53. The molecule has 0 bridgehead atoms. The molecule has 0 fully saturated rings. The number of rotatable bonds is 17. The highest BCUT2D eigenvalue weighted by molar-refractivity contribution is 6.71. The molecule has 1 nitrogen and oxygen atoms in total. The SMILES string of the molecule is [B]C/C(=C([B])\C([B])=C(/C#C)N(C/C([B])=C([B])\C(=C(\[B])C#C)c1c([B])c([B])c([B])c([B])c1[B])C/C(C(=C)C(=C([B])\C([B])=C(\[B])C)/C([B])=C([B])/C([B])=C(/[B])C#C)=C(\C([B])=C(\[B])C#C)c1c([B])c([B])c([B])c([B])c1[B])c1c([B])c([B])c([B])c([B])c1[B]. The van der Waals surface area contributed by atoms with Crippen LogP contribution in [0.5, 0.6) is 0 Å². The van der Waals surface area contributed by atoms with Gasteiger partial charge in [-0.25, -0.2) is 0 Å². The minimum absolute atomic E-state index is 0.0645. The van der Waals surface area contributed by atoms with Gasteiger partial charge in [-0.15, -0.1) is 102 Å². The van der Waals surface area contributed by atoms with Crippen LogP contribution in [-0.2, 0) is 0 Å². The number of benzene rings is 3. The monoisotopic (exact) mass is 983 g/mol. The lowest BCUT2D eigenvalue weighted by atomic mass is 9.57. The van der Waals surface area contributed by atoms with Crippen molar-refractivity contribution in [3.63, 3.8) is 0 Å². The van der Waals surface area contributed by atoms with Crippen LogP contribution in [0.25, 0.3) is 16.7 Å². The molecule has 0 aliphatic heterocycles. The van der Waals surface area contributed by atoms with E-state index < -0.39 is 79.8 Å². The fraction of sp³-hybridized carbons (Fsp3) is 0.0769. The van der Waals surface area contributed by atoms with Crippen molar-refractivity contribution < 1.29 is 0 Å². The molecule has 0 aliphatic carbocycles. The van der Waals surface area contributed by atoms with E-state index in [-0.39, 0.29) is 154 Å². The van der Waals surface area contributed by atoms with Crippen molar-refractivity contribution >= 4 is 334 Å². The largest absolute Gasteiger partial charge is 0.358 e. The third-order valence-corrected chi connectivity index (χ3v) is 13.1. The first kappa shape index (κ1) is 72.0. The van der Waals surface area contributed by atoms with Crippen molar-refractivity contribution in [1.29, 1.82) is 0 Å². The van der Waals surface area contributed by atoms with E-state index in [1.54, 1.807) is 0 Å². The highest BCUT2D eigenvalue weighted by atomic mass is 15.1. The molecule has 83 heavy (non-hydrogen) atoms. The lowest BCUT2D eigenvalue weighted by Gasteiger charge is -2.35. The van der Waals surface area contributed by atoms with Gasteiger partial charge in [-0.3, -0.25) is 0 Å². The molecule has 3 rings (SSSR count). The van der Waals surface area contributed by atoms with Crippen molar-refractivity contribution in [3.8, 4) is 49.4 Å². The van der Waals surface area contributed by atoms with Crippen LogP contribution in [0.15, 0.2) is 106 Å². The van der Waals surface area contributed by atoms with Crippen molar-refractivity contribution in [2.75, 3.05) is 13.1 Å². The van der Waals surface area contributed by atoms with Gasteiger partial charge in [0, 0.05) is 13.1 Å². The summed E-state index contributed by atoms with van der Waals surface area (Å²) in [6.45, 7) is 4.28. The van der Waals surface area contributed by atoms with Gasteiger partial charge in [0.05, 0.1) is 13.5 Å². The van der Waals surface area contributed by atoms with Gasteiger partial charge in [-0.1, -0.05) is 126 Å². The molecular formula is C52H15B30N. The first-order valence-corrected chi connectivity index (χ1v) is 23.5. The third kappa shape index (κ3) is 14.4. The van der Waals surface area contributed by atoms with Gasteiger partial charge < -0.3 is 4.90 Å². The van der Waals surface area contributed by atoms with Gasteiger partial charge in [-0.05, 0) is 50.0 Å². The molecule has 60 radical (unpaired) electrons. The van der Waals surface area contributed by atoms with Crippen LogP contribution in [0.2, 0.25) is 6.32 Å². The lowest BCUT2D eigenvalue weighted by molar-refractivity contribution is 0.426. The molecule has 0 amide bonds. The maximum atomic E-state index is 7.08. The summed E-state index contributed by atoms with van der Waals surface area (Å²) in [6.07, 6.45) is 23.4. The zero-order chi connectivity index (χ0) is 64.0. The highest BCUT2D eigenvalue weighted by Gasteiger charge is 2.28. The van der Waals surface area contributed by atoms with Gasteiger partial charge in [0.25, 0.3) is 0 Å². The fourth-order valence-corrected chi connectivity index (χ4v) is 8.19. The van der Waals surface area contributed by atoms with Crippen LogP contribution in [0, 0.1) is 49.4 Å². The van der Waals surface area contributed by atoms with Gasteiger partial charge in [0.15, 0.2) is 0 Å². The molecule has 0 saturated heterocycles. The molecule has 0 heterocycles. The van der Waals surface area contributed by atoms with E-state index in [4.69, 9.17) is 261 Å². The molecule has 0 atom stereocenters. The Kier molecular flexibility index (Phi) is 25.8. The summed E-state index contributed by atoms with van der Waals surface area (Å²) < 4.78 is 0. The molecule has 3 aromatic carbocycles. The minimum atomic E-state index is -0.802. The van der Waals surface area contributed by atoms with E-state index in [1.165, 1.54) is 11.8 Å². The minimum Gasteiger partial charge on any atom is -0.358 e. The Morgan fingerprint density at radius 2 is 0.735 bits per heavy atom. The number of hydrogen-bond donors (Lipinski definition) is 0. The van der Waals surface area contributed by atoms with Crippen LogP contribution < -0.4 is 81.9 Å². The second-order valence-electron chi connectivity index (χ2n) is 18.0. The molecule has 0 saturated carbocycles. The zero-order valence-electron chi connectivity index (χ0n) is 45.4. The Balaban J connectivity index is 3.10. The van der Waals surface area contributed by atoms with Gasteiger partial charge in [-0.2, -0.15) is 0 Å². The molecule has 0 aliphatic rings. The number of hydrogen-bond acceptors (Lipinski definition) is 1. The van der Waals surface area contributed by atoms with E-state index in [0.717, 1.165) is 0 Å².